The molecule has 1 saturated carbocycles. The van der Waals surface area contributed by atoms with Gasteiger partial charge >= 0.3 is 173 Å². The molecule has 0 aliphatic heterocycles. The molecule has 0 bridgehead atoms. The second kappa shape index (κ2) is 7.00. The Balaban J connectivity index is 1.41. The molecule has 0 N–H and O–H groups in total. The number of aryl methyl sites for hydroxylation is 1. The van der Waals surface area contributed by atoms with Gasteiger partial charge in [0.25, 0.3) is 0 Å². The van der Waals surface area contributed by atoms with Crippen LogP contribution in [0, 0.1) is 12.7 Å². The molecule has 144 valence electrons. The summed E-state index contributed by atoms with van der Waals surface area (Å²) in [6, 6.07) is 11.2. The van der Waals surface area contributed by atoms with E-state index in [9.17, 15) is 14.0 Å². The monoisotopic (exact) mass is 510 g/mol. The van der Waals surface area contributed by atoms with Crippen LogP contribution in [0.1, 0.15) is 43.3 Å². The van der Waals surface area contributed by atoms with Crippen molar-refractivity contribution >= 4 is 48.8 Å². The SMILES string of the molecule is Cc1ccc2[se]n(C3CCC(n4[se]c5ccc(F)cc5c4=O)CC3)c(=O)c2c1. The van der Waals surface area contributed by atoms with Crippen molar-refractivity contribution in [1.29, 1.82) is 0 Å². The molecule has 2 aromatic heterocycles. The van der Waals surface area contributed by atoms with Crippen molar-refractivity contribution in [2.45, 2.75) is 44.7 Å². The molecule has 0 unspecified atom stereocenters. The van der Waals surface area contributed by atoms with Crippen LogP contribution in [0.4, 0.5) is 4.39 Å². The molecule has 4 nitrogen and oxygen atoms in total. The molecule has 4 aromatic rings. The summed E-state index contributed by atoms with van der Waals surface area (Å²) in [7, 11) is 0. The fourth-order valence-electron chi connectivity index (χ4n) is 4.18. The third-order valence-corrected chi connectivity index (χ3v) is 10.8. The fraction of sp³-hybridized carbons (Fsp3) is 0.333. The summed E-state index contributed by atoms with van der Waals surface area (Å²) in [5, 5.41) is 1.41. The second-order valence-electron chi connectivity index (χ2n) is 7.55. The molecule has 7 heteroatoms. The molecule has 0 spiro atoms. The van der Waals surface area contributed by atoms with Crippen molar-refractivity contribution in [3.63, 3.8) is 0 Å². The van der Waals surface area contributed by atoms with Crippen LogP contribution >= 0.6 is 0 Å². The molecule has 0 radical (unpaired) electrons. The topological polar surface area (TPSA) is 44.0 Å². The third-order valence-electron chi connectivity index (χ3n) is 5.66. The normalized spacial score (nSPS) is 20.2. The first-order valence-electron chi connectivity index (χ1n) is 9.44. The number of aromatic nitrogens is 2. The zero-order valence-corrected chi connectivity index (χ0v) is 18.8. The van der Waals surface area contributed by atoms with Gasteiger partial charge in [0.05, 0.1) is 0 Å². The van der Waals surface area contributed by atoms with Gasteiger partial charge in [-0.15, -0.1) is 0 Å². The molecule has 0 amide bonds. The number of halogens is 1. The molecule has 0 atom stereocenters. The van der Waals surface area contributed by atoms with Crippen LogP contribution in [-0.4, -0.2) is 36.6 Å². The molecule has 1 aliphatic carbocycles. The van der Waals surface area contributed by atoms with E-state index in [4.69, 9.17) is 0 Å². The number of fused-ring (bicyclic) bond motifs is 2. The van der Waals surface area contributed by atoms with Gasteiger partial charge in [-0.05, 0) is 0 Å². The van der Waals surface area contributed by atoms with Crippen LogP contribution in [0.2, 0.25) is 0 Å². The Morgan fingerprint density at radius 2 is 1.32 bits per heavy atom. The molecule has 28 heavy (non-hydrogen) atoms. The zero-order chi connectivity index (χ0) is 19.4. The first-order valence-corrected chi connectivity index (χ1v) is 12.7. The summed E-state index contributed by atoms with van der Waals surface area (Å²) >= 11 is -0.0163. The first-order chi connectivity index (χ1) is 13.5. The van der Waals surface area contributed by atoms with Gasteiger partial charge in [0.1, 0.15) is 0 Å². The van der Waals surface area contributed by atoms with Gasteiger partial charge in [-0.2, -0.15) is 0 Å². The molecular weight excluding hydrogens is 489 g/mol. The van der Waals surface area contributed by atoms with Crippen molar-refractivity contribution in [2.24, 2.45) is 0 Å². The first kappa shape index (κ1) is 18.4. The number of hydrogen-bond acceptors (Lipinski definition) is 2. The second-order valence-corrected chi connectivity index (χ2v) is 11.8. The van der Waals surface area contributed by atoms with Crippen LogP contribution in [0.3, 0.4) is 0 Å². The standard InChI is InChI=1S/C21H19FN2O2Se2/c1-12-2-8-18-16(10-12)20(25)23(27-18)14-4-6-15(7-5-14)24-21(26)17-11-13(22)3-9-19(17)28-24/h2-3,8-11,14-15H,4-7H2,1H3. The minimum absolute atomic E-state index is 0.0257. The summed E-state index contributed by atoms with van der Waals surface area (Å²) in [6.45, 7) is 2.02. The van der Waals surface area contributed by atoms with Gasteiger partial charge in [0.2, 0.25) is 0 Å². The Morgan fingerprint density at radius 3 is 1.89 bits per heavy atom. The van der Waals surface area contributed by atoms with Crippen LogP contribution in [0.25, 0.3) is 19.3 Å². The quantitative estimate of drug-likeness (QED) is 0.391. The summed E-state index contributed by atoms with van der Waals surface area (Å²) < 4.78 is 19.7. The number of hydrogen-bond donors (Lipinski definition) is 0. The van der Waals surface area contributed by atoms with Crippen molar-refractivity contribution < 1.29 is 4.39 Å². The summed E-state index contributed by atoms with van der Waals surface area (Å²) in [6.07, 6.45) is 3.67. The van der Waals surface area contributed by atoms with Gasteiger partial charge in [0.15, 0.2) is 0 Å². The van der Waals surface area contributed by atoms with Gasteiger partial charge in [-0.25, -0.2) is 0 Å². The summed E-state index contributed by atoms with van der Waals surface area (Å²) in [4.78, 5) is 25.6. The predicted molar refractivity (Wildman–Crippen MR) is 112 cm³/mol. The Labute approximate surface area is 173 Å². The van der Waals surface area contributed by atoms with E-state index in [-0.39, 0.29) is 58.5 Å². The molecule has 2 heterocycles. The molecule has 1 fully saturated rings. The van der Waals surface area contributed by atoms with Crippen LogP contribution < -0.4 is 11.1 Å². The van der Waals surface area contributed by atoms with Gasteiger partial charge < -0.3 is 0 Å². The minimum atomic E-state index is -0.349. The van der Waals surface area contributed by atoms with Crippen molar-refractivity contribution in [3.8, 4) is 0 Å². The van der Waals surface area contributed by atoms with Crippen LogP contribution in [0.5, 0.6) is 0 Å². The summed E-state index contributed by atoms with van der Waals surface area (Å²) in [5.74, 6) is -0.349. The number of benzene rings is 2. The Hall–Kier alpha value is -1.65. The number of rotatable bonds is 2. The Morgan fingerprint density at radius 1 is 0.821 bits per heavy atom. The average molecular weight is 508 g/mol. The molecule has 0 saturated heterocycles. The predicted octanol–water partition coefficient (Wildman–Crippen LogP) is 3.23. The van der Waals surface area contributed by atoms with E-state index in [0.717, 1.165) is 40.9 Å². The van der Waals surface area contributed by atoms with E-state index < -0.39 is 0 Å². The van der Waals surface area contributed by atoms with Crippen LogP contribution in [0.15, 0.2) is 46.0 Å². The van der Waals surface area contributed by atoms with E-state index in [1.807, 2.05) is 16.6 Å². The van der Waals surface area contributed by atoms with Crippen molar-refractivity contribution in [2.75, 3.05) is 0 Å². The van der Waals surface area contributed by atoms with E-state index in [1.165, 1.54) is 16.4 Å². The van der Waals surface area contributed by atoms with Gasteiger partial charge in [0, 0.05) is 0 Å². The van der Waals surface area contributed by atoms with E-state index in [2.05, 4.69) is 15.7 Å². The van der Waals surface area contributed by atoms with Crippen molar-refractivity contribution in [3.05, 3.63) is 68.5 Å². The number of nitrogens with zero attached hydrogens (tertiary/aromatic N) is 2. The van der Waals surface area contributed by atoms with Crippen molar-refractivity contribution in [1.82, 2.24) is 7.12 Å². The van der Waals surface area contributed by atoms with Gasteiger partial charge in [-0.3, -0.25) is 0 Å². The van der Waals surface area contributed by atoms with E-state index >= 15 is 0 Å². The maximum atomic E-state index is 13.5. The molecular formula is C21H19FN2O2Se2. The summed E-state index contributed by atoms with van der Waals surface area (Å²) in [5.41, 5.74) is 1.27. The zero-order valence-electron chi connectivity index (χ0n) is 15.4. The van der Waals surface area contributed by atoms with E-state index in [1.54, 1.807) is 6.07 Å². The Kier molecular flexibility index (Phi) is 4.59. The molecule has 5 rings (SSSR count). The maximum absolute atomic E-state index is 13.5. The molecule has 2 aromatic carbocycles. The van der Waals surface area contributed by atoms with Crippen LogP contribution in [-0.2, 0) is 0 Å². The Bertz CT molecular complexity index is 1200. The molecule has 1 aliphatic rings. The van der Waals surface area contributed by atoms with Gasteiger partial charge in [-0.1, -0.05) is 0 Å². The average Bonchev–Trinajstić information content (AvgIpc) is 3.19. The fourth-order valence-corrected chi connectivity index (χ4v) is 8.91. The van der Waals surface area contributed by atoms with E-state index in [0.29, 0.717) is 5.39 Å². The third kappa shape index (κ3) is 3.02.